The van der Waals surface area contributed by atoms with Gasteiger partial charge in [0.15, 0.2) is 5.82 Å². The van der Waals surface area contributed by atoms with Gasteiger partial charge in [-0.2, -0.15) is 4.98 Å². The average molecular weight is 388 g/mol. The van der Waals surface area contributed by atoms with Crippen LogP contribution in [-0.4, -0.2) is 29.7 Å². The fourth-order valence-electron chi connectivity index (χ4n) is 3.10. The molecule has 1 aliphatic rings. The molecule has 0 spiro atoms. The van der Waals surface area contributed by atoms with E-state index in [1.165, 1.54) is 19.2 Å². The maximum absolute atomic E-state index is 13.1. The van der Waals surface area contributed by atoms with Crippen LogP contribution < -0.4 is 9.64 Å². The van der Waals surface area contributed by atoms with E-state index in [4.69, 9.17) is 20.9 Å². The molecule has 1 amide bonds. The lowest BCUT2D eigenvalue weighted by molar-refractivity contribution is -0.117. The van der Waals surface area contributed by atoms with Crippen molar-refractivity contribution in [1.82, 2.24) is 10.1 Å². The second-order valence-corrected chi connectivity index (χ2v) is 6.62. The summed E-state index contributed by atoms with van der Waals surface area (Å²) in [5.74, 6) is 0.640. The van der Waals surface area contributed by atoms with Crippen molar-refractivity contribution in [3.05, 3.63) is 59.1 Å². The van der Waals surface area contributed by atoms with Crippen molar-refractivity contribution in [2.24, 2.45) is 0 Å². The maximum atomic E-state index is 13.1. The largest absolute Gasteiger partial charge is 0.496 e. The number of aromatic nitrogens is 2. The highest BCUT2D eigenvalue weighted by Crippen LogP contribution is 2.34. The third-order valence-corrected chi connectivity index (χ3v) is 4.70. The van der Waals surface area contributed by atoms with E-state index in [9.17, 15) is 9.18 Å². The van der Waals surface area contributed by atoms with Gasteiger partial charge in [0, 0.05) is 29.6 Å². The Morgan fingerprint density at radius 1 is 1.26 bits per heavy atom. The van der Waals surface area contributed by atoms with Crippen molar-refractivity contribution < 1.29 is 18.4 Å². The Hall–Kier alpha value is -2.93. The number of halogens is 2. The third kappa shape index (κ3) is 3.38. The van der Waals surface area contributed by atoms with Crippen LogP contribution in [0.25, 0.3) is 11.5 Å². The summed E-state index contributed by atoms with van der Waals surface area (Å²) in [4.78, 5) is 18.4. The van der Waals surface area contributed by atoms with Gasteiger partial charge in [-0.05, 0) is 42.5 Å². The molecule has 0 saturated carbocycles. The van der Waals surface area contributed by atoms with E-state index < -0.39 is 0 Å². The lowest BCUT2D eigenvalue weighted by atomic mass is 10.1. The number of benzene rings is 2. The number of amides is 1. The van der Waals surface area contributed by atoms with E-state index in [1.54, 1.807) is 35.2 Å². The summed E-state index contributed by atoms with van der Waals surface area (Å²) in [6, 6.07) is 10.9. The second-order valence-electron chi connectivity index (χ2n) is 6.18. The summed E-state index contributed by atoms with van der Waals surface area (Å²) in [7, 11) is 1.53. The Labute approximate surface area is 159 Å². The van der Waals surface area contributed by atoms with Crippen LogP contribution in [0.4, 0.5) is 10.1 Å². The fourth-order valence-corrected chi connectivity index (χ4v) is 3.27. The van der Waals surface area contributed by atoms with Crippen LogP contribution in [0.1, 0.15) is 18.2 Å². The zero-order valence-electron chi connectivity index (χ0n) is 14.4. The van der Waals surface area contributed by atoms with E-state index in [0.29, 0.717) is 40.3 Å². The van der Waals surface area contributed by atoms with Gasteiger partial charge in [0.05, 0.1) is 12.7 Å². The SMILES string of the molecule is COc1cc(Cl)ccc1-c1nc([C@H]2CC(=O)N(c3ccc(F)cc3)C2)no1. The molecule has 0 bridgehead atoms. The van der Waals surface area contributed by atoms with E-state index >= 15 is 0 Å². The number of carbonyl (C=O) groups excluding carboxylic acids is 1. The van der Waals surface area contributed by atoms with Crippen molar-refractivity contribution >= 4 is 23.2 Å². The van der Waals surface area contributed by atoms with Crippen molar-refractivity contribution in [2.75, 3.05) is 18.6 Å². The summed E-state index contributed by atoms with van der Waals surface area (Å²) in [6.07, 6.45) is 0.258. The number of nitrogens with zero attached hydrogens (tertiary/aromatic N) is 3. The van der Waals surface area contributed by atoms with E-state index in [0.717, 1.165) is 0 Å². The minimum atomic E-state index is -0.346. The average Bonchev–Trinajstić information content (AvgIpc) is 3.29. The van der Waals surface area contributed by atoms with Gasteiger partial charge in [0.1, 0.15) is 11.6 Å². The first-order valence-corrected chi connectivity index (χ1v) is 8.66. The zero-order chi connectivity index (χ0) is 19.0. The van der Waals surface area contributed by atoms with Crippen LogP contribution in [0, 0.1) is 5.82 Å². The number of methoxy groups -OCH3 is 1. The third-order valence-electron chi connectivity index (χ3n) is 4.46. The molecule has 8 heteroatoms. The topological polar surface area (TPSA) is 68.5 Å². The van der Waals surface area contributed by atoms with Gasteiger partial charge >= 0.3 is 0 Å². The molecular weight excluding hydrogens is 373 g/mol. The Morgan fingerprint density at radius 3 is 2.78 bits per heavy atom. The summed E-state index contributed by atoms with van der Waals surface area (Å²) < 4.78 is 23.8. The number of ether oxygens (including phenoxy) is 1. The molecule has 138 valence electrons. The number of rotatable bonds is 4. The minimum Gasteiger partial charge on any atom is -0.496 e. The van der Waals surface area contributed by atoms with E-state index in [2.05, 4.69) is 10.1 Å². The quantitative estimate of drug-likeness (QED) is 0.675. The highest BCUT2D eigenvalue weighted by atomic mass is 35.5. The van der Waals surface area contributed by atoms with Gasteiger partial charge < -0.3 is 14.2 Å². The molecule has 4 rings (SSSR count). The molecule has 2 aromatic carbocycles. The zero-order valence-corrected chi connectivity index (χ0v) is 15.1. The highest BCUT2D eigenvalue weighted by Gasteiger charge is 2.34. The number of carbonyl (C=O) groups is 1. The number of hydrogen-bond acceptors (Lipinski definition) is 5. The predicted octanol–water partition coefficient (Wildman–Crippen LogP) is 4.06. The molecule has 0 radical (unpaired) electrons. The van der Waals surface area contributed by atoms with Gasteiger partial charge in [-0.25, -0.2) is 4.39 Å². The standard InChI is InChI=1S/C19H15ClFN3O3/c1-26-16-9-12(20)2-7-15(16)19-22-18(23-27-19)11-8-17(25)24(10-11)14-5-3-13(21)4-6-14/h2-7,9,11H,8,10H2,1H3/t11-/m0/s1. The minimum absolute atomic E-state index is 0.0676. The maximum Gasteiger partial charge on any atom is 0.261 e. The van der Waals surface area contributed by atoms with Crippen LogP contribution in [0.3, 0.4) is 0 Å². The second kappa shape index (κ2) is 7.00. The number of anilines is 1. The first-order valence-electron chi connectivity index (χ1n) is 8.28. The lowest BCUT2D eigenvalue weighted by Crippen LogP contribution is -2.24. The van der Waals surface area contributed by atoms with Crippen molar-refractivity contribution in [1.29, 1.82) is 0 Å². The van der Waals surface area contributed by atoms with Crippen LogP contribution >= 0.6 is 11.6 Å². The molecule has 1 atom stereocenters. The molecule has 2 heterocycles. The molecule has 27 heavy (non-hydrogen) atoms. The first kappa shape index (κ1) is 17.5. The Kier molecular flexibility index (Phi) is 4.53. The smallest absolute Gasteiger partial charge is 0.261 e. The summed E-state index contributed by atoms with van der Waals surface area (Å²) in [6.45, 7) is 0.404. The predicted molar refractivity (Wildman–Crippen MR) is 97.4 cm³/mol. The van der Waals surface area contributed by atoms with Gasteiger partial charge in [-0.3, -0.25) is 4.79 Å². The molecule has 1 saturated heterocycles. The van der Waals surface area contributed by atoms with Gasteiger partial charge in [-0.15, -0.1) is 0 Å². The molecular formula is C19H15ClFN3O3. The van der Waals surface area contributed by atoms with Crippen molar-refractivity contribution in [3.63, 3.8) is 0 Å². The first-order chi connectivity index (χ1) is 13.0. The Morgan fingerprint density at radius 2 is 2.04 bits per heavy atom. The van der Waals surface area contributed by atoms with Gasteiger partial charge in [0.2, 0.25) is 5.91 Å². The van der Waals surface area contributed by atoms with Gasteiger partial charge in [0.25, 0.3) is 5.89 Å². The normalized spacial score (nSPS) is 16.8. The van der Waals surface area contributed by atoms with Gasteiger partial charge in [-0.1, -0.05) is 16.8 Å². The van der Waals surface area contributed by atoms with Crippen LogP contribution in [0.15, 0.2) is 47.0 Å². The van der Waals surface area contributed by atoms with Crippen LogP contribution in [-0.2, 0) is 4.79 Å². The van der Waals surface area contributed by atoms with Crippen molar-refractivity contribution in [3.8, 4) is 17.2 Å². The molecule has 1 aliphatic heterocycles. The molecule has 6 nitrogen and oxygen atoms in total. The van der Waals surface area contributed by atoms with Crippen LogP contribution in [0.5, 0.6) is 5.75 Å². The Balaban J connectivity index is 1.57. The molecule has 0 N–H and O–H groups in total. The number of hydrogen-bond donors (Lipinski definition) is 0. The summed E-state index contributed by atoms with van der Waals surface area (Å²) in [5, 5.41) is 4.57. The van der Waals surface area contributed by atoms with E-state index in [-0.39, 0.29) is 24.1 Å². The summed E-state index contributed by atoms with van der Waals surface area (Å²) >= 11 is 5.98. The molecule has 3 aromatic rings. The molecule has 0 aliphatic carbocycles. The highest BCUT2D eigenvalue weighted by molar-refractivity contribution is 6.30. The van der Waals surface area contributed by atoms with Crippen molar-refractivity contribution in [2.45, 2.75) is 12.3 Å². The Bertz CT molecular complexity index is 990. The van der Waals surface area contributed by atoms with Crippen LogP contribution in [0.2, 0.25) is 5.02 Å². The van der Waals surface area contributed by atoms with E-state index in [1.807, 2.05) is 0 Å². The monoisotopic (exact) mass is 387 g/mol. The lowest BCUT2D eigenvalue weighted by Gasteiger charge is -2.15. The molecule has 1 aromatic heterocycles. The fraction of sp³-hybridized carbons (Fsp3) is 0.211. The molecule has 1 fully saturated rings. The summed E-state index contributed by atoms with van der Waals surface area (Å²) in [5.41, 5.74) is 1.27. The molecule has 0 unspecified atom stereocenters.